The van der Waals surface area contributed by atoms with E-state index < -0.39 is 12.0 Å². The average molecular weight is 356 g/mol. The van der Waals surface area contributed by atoms with Gasteiger partial charge in [0.15, 0.2) is 0 Å². The standard InChI is InChI=1S/C19H20N2O3S/c1-12-6-4-7-14(10-12)17-16(18(22)24-3)13(2)21(19(23)20-17)11-15-8-5-9-25-15/h4-10,17H,11H2,1-3H3,(H,20,23)/t17-/m1/s1. The molecule has 1 atom stereocenters. The first kappa shape index (κ1) is 17.2. The summed E-state index contributed by atoms with van der Waals surface area (Å²) in [6.07, 6.45) is 0. The van der Waals surface area contributed by atoms with Gasteiger partial charge in [-0.15, -0.1) is 11.3 Å². The molecule has 1 aromatic heterocycles. The summed E-state index contributed by atoms with van der Waals surface area (Å²) in [6.45, 7) is 4.20. The van der Waals surface area contributed by atoms with E-state index in [1.165, 1.54) is 7.11 Å². The molecule has 2 amide bonds. The minimum atomic E-state index is -0.514. The number of benzene rings is 1. The summed E-state index contributed by atoms with van der Waals surface area (Å²) in [6, 6.07) is 10.9. The molecule has 0 aliphatic carbocycles. The van der Waals surface area contributed by atoms with Gasteiger partial charge in [0, 0.05) is 10.6 Å². The quantitative estimate of drug-likeness (QED) is 0.849. The number of nitrogens with one attached hydrogen (secondary N) is 1. The van der Waals surface area contributed by atoms with Crippen molar-refractivity contribution < 1.29 is 14.3 Å². The van der Waals surface area contributed by atoms with Crippen LogP contribution in [0.5, 0.6) is 0 Å². The molecule has 0 saturated carbocycles. The lowest BCUT2D eigenvalue weighted by Crippen LogP contribution is -2.47. The summed E-state index contributed by atoms with van der Waals surface area (Å²) in [5.41, 5.74) is 3.01. The van der Waals surface area contributed by atoms with Gasteiger partial charge in [0.25, 0.3) is 0 Å². The van der Waals surface area contributed by atoms with Gasteiger partial charge in [-0.2, -0.15) is 0 Å². The predicted octanol–water partition coefficient (Wildman–Crippen LogP) is 3.77. The number of hydrogen-bond acceptors (Lipinski definition) is 4. The molecule has 0 radical (unpaired) electrons. The van der Waals surface area contributed by atoms with Crippen molar-refractivity contribution in [1.29, 1.82) is 0 Å². The summed E-state index contributed by atoms with van der Waals surface area (Å²) in [5.74, 6) is -0.430. The molecule has 6 heteroatoms. The monoisotopic (exact) mass is 356 g/mol. The second-order valence-electron chi connectivity index (χ2n) is 5.95. The first-order chi connectivity index (χ1) is 12.0. The fraction of sp³-hybridized carbons (Fsp3) is 0.263. The van der Waals surface area contributed by atoms with Crippen LogP contribution in [-0.4, -0.2) is 24.0 Å². The van der Waals surface area contributed by atoms with Crippen molar-refractivity contribution in [3.63, 3.8) is 0 Å². The van der Waals surface area contributed by atoms with E-state index in [0.717, 1.165) is 16.0 Å². The molecule has 5 nitrogen and oxygen atoms in total. The van der Waals surface area contributed by atoms with Crippen LogP contribution < -0.4 is 5.32 Å². The molecular weight excluding hydrogens is 336 g/mol. The molecule has 2 aromatic rings. The number of rotatable bonds is 4. The molecule has 3 rings (SSSR count). The van der Waals surface area contributed by atoms with Crippen LogP contribution in [0.15, 0.2) is 53.0 Å². The highest BCUT2D eigenvalue weighted by Crippen LogP contribution is 2.32. The summed E-state index contributed by atoms with van der Waals surface area (Å²) in [7, 11) is 1.36. The van der Waals surface area contributed by atoms with Gasteiger partial charge in [-0.25, -0.2) is 9.59 Å². The minimum absolute atomic E-state index is 0.218. The molecule has 0 spiro atoms. The van der Waals surface area contributed by atoms with Gasteiger partial charge >= 0.3 is 12.0 Å². The third-order valence-electron chi connectivity index (χ3n) is 4.27. The van der Waals surface area contributed by atoms with Crippen molar-refractivity contribution in [2.75, 3.05) is 7.11 Å². The second kappa shape index (κ2) is 7.11. The third-order valence-corrected chi connectivity index (χ3v) is 5.13. The number of ether oxygens (including phenoxy) is 1. The van der Waals surface area contributed by atoms with Gasteiger partial charge in [0.05, 0.1) is 25.3 Å². The molecule has 1 aliphatic heterocycles. The number of urea groups is 1. The number of amides is 2. The zero-order valence-corrected chi connectivity index (χ0v) is 15.2. The molecule has 1 N–H and O–H groups in total. The molecule has 1 aromatic carbocycles. The van der Waals surface area contributed by atoms with Crippen molar-refractivity contribution in [3.8, 4) is 0 Å². The fourth-order valence-corrected chi connectivity index (χ4v) is 3.70. The number of esters is 1. The number of aryl methyl sites for hydroxylation is 1. The summed E-state index contributed by atoms with van der Waals surface area (Å²) in [5, 5.41) is 4.92. The number of hydrogen-bond donors (Lipinski definition) is 1. The Hall–Kier alpha value is -2.60. The van der Waals surface area contributed by atoms with Crippen LogP contribution in [0.2, 0.25) is 0 Å². The van der Waals surface area contributed by atoms with Gasteiger partial charge in [-0.3, -0.25) is 4.90 Å². The number of thiophene rings is 1. The number of nitrogens with zero attached hydrogens (tertiary/aromatic N) is 1. The number of methoxy groups -OCH3 is 1. The lowest BCUT2D eigenvalue weighted by Gasteiger charge is -2.35. The Morgan fingerprint density at radius 1 is 1.28 bits per heavy atom. The Morgan fingerprint density at radius 2 is 2.08 bits per heavy atom. The van der Waals surface area contributed by atoms with Crippen LogP contribution in [0.3, 0.4) is 0 Å². The third kappa shape index (κ3) is 3.44. The topological polar surface area (TPSA) is 58.6 Å². The first-order valence-corrected chi connectivity index (χ1v) is 8.85. The van der Waals surface area contributed by atoms with Crippen molar-refractivity contribution >= 4 is 23.3 Å². The Bertz CT molecular complexity index is 827. The Kier molecular flexibility index (Phi) is 4.90. The zero-order valence-electron chi connectivity index (χ0n) is 14.4. The average Bonchev–Trinajstić information content (AvgIpc) is 3.10. The van der Waals surface area contributed by atoms with E-state index in [0.29, 0.717) is 17.8 Å². The van der Waals surface area contributed by atoms with E-state index >= 15 is 0 Å². The highest BCUT2D eigenvalue weighted by Gasteiger charge is 2.36. The first-order valence-electron chi connectivity index (χ1n) is 7.97. The van der Waals surface area contributed by atoms with E-state index in [9.17, 15) is 9.59 Å². The Balaban J connectivity index is 2.04. The lowest BCUT2D eigenvalue weighted by atomic mass is 9.94. The Morgan fingerprint density at radius 3 is 2.72 bits per heavy atom. The van der Waals surface area contributed by atoms with Crippen molar-refractivity contribution in [3.05, 3.63) is 69.1 Å². The molecule has 0 saturated heterocycles. The van der Waals surface area contributed by atoms with Crippen LogP contribution >= 0.6 is 11.3 Å². The molecule has 2 heterocycles. The minimum Gasteiger partial charge on any atom is -0.466 e. The molecular formula is C19H20N2O3S. The van der Waals surface area contributed by atoms with Gasteiger partial charge in [0.1, 0.15) is 0 Å². The van der Waals surface area contributed by atoms with Gasteiger partial charge in [0.2, 0.25) is 0 Å². The SMILES string of the molecule is COC(=O)C1=C(C)N(Cc2cccs2)C(=O)N[C@@H]1c1cccc(C)c1. The van der Waals surface area contributed by atoms with Gasteiger partial charge < -0.3 is 10.1 Å². The van der Waals surface area contributed by atoms with Crippen LogP contribution in [0, 0.1) is 6.92 Å². The van der Waals surface area contributed by atoms with Crippen LogP contribution in [-0.2, 0) is 16.1 Å². The van der Waals surface area contributed by atoms with E-state index in [2.05, 4.69) is 5.32 Å². The van der Waals surface area contributed by atoms with Crippen LogP contribution in [0.1, 0.15) is 29.0 Å². The van der Waals surface area contributed by atoms with Gasteiger partial charge in [-0.1, -0.05) is 35.9 Å². The molecule has 0 fully saturated rings. The van der Waals surface area contributed by atoms with E-state index in [-0.39, 0.29) is 6.03 Å². The maximum absolute atomic E-state index is 12.7. The summed E-state index contributed by atoms with van der Waals surface area (Å²) >= 11 is 1.57. The largest absolute Gasteiger partial charge is 0.466 e. The predicted molar refractivity (Wildman–Crippen MR) is 97.0 cm³/mol. The highest BCUT2D eigenvalue weighted by molar-refractivity contribution is 7.09. The fourth-order valence-electron chi connectivity index (χ4n) is 3.00. The van der Waals surface area contributed by atoms with E-state index in [1.807, 2.05) is 48.7 Å². The maximum Gasteiger partial charge on any atom is 0.337 e. The van der Waals surface area contributed by atoms with Crippen molar-refractivity contribution in [2.45, 2.75) is 26.4 Å². The van der Waals surface area contributed by atoms with Crippen molar-refractivity contribution in [2.24, 2.45) is 0 Å². The summed E-state index contributed by atoms with van der Waals surface area (Å²) < 4.78 is 4.99. The van der Waals surface area contributed by atoms with Crippen molar-refractivity contribution in [1.82, 2.24) is 10.2 Å². The van der Waals surface area contributed by atoms with Crippen LogP contribution in [0.4, 0.5) is 4.79 Å². The molecule has 0 unspecified atom stereocenters. The molecule has 0 bridgehead atoms. The molecule has 25 heavy (non-hydrogen) atoms. The number of carbonyl (C=O) groups excluding carboxylic acids is 2. The molecule has 1 aliphatic rings. The number of carbonyl (C=O) groups is 2. The highest BCUT2D eigenvalue weighted by atomic mass is 32.1. The normalized spacial score (nSPS) is 17.5. The Labute approximate surface area is 150 Å². The smallest absolute Gasteiger partial charge is 0.337 e. The lowest BCUT2D eigenvalue weighted by molar-refractivity contribution is -0.136. The summed E-state index contributed by atoms with van der Waals surface area (Å²) in [4.78, 5) is 27.8. The van der Waals surface area contributed by atoms with Crippen LogP contribution in [0.25, 0.3) is 0 Å². The molecule has 130 valence electrons. The number of allylic oxidation sites excluding steroid dienone is 1. The zero-order chi connectivity index (χ0) is 18.0. The van der Waals surface area contributed by atoms with E-state index in [1.54, 1.807) is 23.2 Å². The second-order valence-corrected chi connectivity index (χ2v) is 6.99. The van der Waals surface area contributed by atoms with E-state index in [4.69, 9.17) is 4.74 Å². The maximum atomic E-state index is 12.7. The van der Waals surface area contributed by atoms with Gasteiger partial charge in [-0.05, 0) is 30.9 Å².